The largest absolute Gasteiger partial charge is 0.345 e. The standard InChI is InChI=1S/C19H22ClN3O/c1-3-22(4-2)19(24)13-9-14-16(21-10-13)11-23-8-7-12-5-6-15(20)17(14)18(12)23/h5-9,13,16,21H,3-4,10-11H2,1-2H3. The van der Waals surface area contributed by atoms with Gasteiger partial charge in [-0.25, -0.2) is 0 Å². The Morgan fingerprint density at radius 2 is 2.12 bits per heavy atom. The number of nitrogens with one attached hydrogen (secondary N) is 1. The van der Waals surface area contributed by atoms with E-state index in [1.807, 2.05) is 24.8 Å². The lowest BCUT2D eigenvalue weighted by Gasteiger charge is -2.36. The summed E-state index contributed by atoms with van der Waals surface area (Å²) >= 11 is 6.55. The van der Waals surface area contributed by atoms with E-state index in [9.17, 15) is 4.79 Å². The highest BCUT2D eigenvalue weighted by molar-refractivity contribution is 6.33. The molecular formula is C19H22ClN3O. The van der Waals surface area contributed by atoms with Crippen molar-refractivity contribution in [3.63, 3.8) is 0 Å². The van der Waals surface area contributed by atoms with Gasteiger partial charge in [0, 0.05) is 43.3 Å². The summed E-state index contributed by atoms with van der Waals surface area (Å²) in [5, 5.41) is 5.52. The van der Waals surface area contributed by atoms with Crippen LogP contribution in [-0.4, -0.2) is 41.1 Å². The Bertz CT molecular complexity index is 834. The van der Waals surface area contributed by atoms with Gasteiger partial charge in [-0.15, -0.1) is 0 Å². The molecule has 1 aromatic carbocycles. The second-order valence-corrected chi connectivity index (χ2v) is 6.94. The predicted molar refractivity (Wildman–Crippen MR) is 98.1 cm³/mol. The van der Waals surface area contributed by atoms with E-state index in [4.69, 9.17) is 11.6 Å². The molecule has 1 aromatic heterocycles. The van der Waals surface area contributed by atoms with Gasteiger partial charge in [0.15, 0.2) is 0 Å². The van der Waals surface area contributed by atoms with Crippen molar-refractivity contribution in [3.05, 3.63) is 41.1 Å². The molecule has 0 spiro atoms. The van der Waals surface area contributed by atoms with Crippen LogP contribution in [0.1, 0.15) is 19.4 Å². The van der Waals surface area contributed by atoms with Gasteiger partial charge in [0.2, 0.25) is 5.91 Å². The Morgan fingerprint density at radius 3 is 2.88 bits per heavy atom. The van der Waals surface area contributed by atoms with E-state index in [-0.39, 0.29) is 17.9 Å². The van der Waals surface area contributed by atoms with E-state index in [0.29, 0.717) is 6.54 Å². The molecule has 0 radical (unpaired) electrons. The number of benzene rings is 1. The number of rotatable bonds is 3. The van der Waals surface area contributed by atoms with Crippen LogP contribution >= 0.6 is 11.6 Å². The van der Waals surface area contributed by atoms with Crippen molar-refractivity contribution in [2.75, 3.05) is 19.6 Å². The van der Waals surface area contributed by atoms with Crippen LogP contribution in [0.3, 0.4) is 0 Å². The molecule has 1 N–H and O–H groups in total. The molecule has 2 unspecified atom stereocenters. The monoisotopic (exact) mass is 343 g/mol. The minimum Gasteiger partial charge on any atom is -0.345 e. The number of aromatic nitrogens is 1. The predicted octanol–water partition coefficient (Wildman–Crippen LogP) is 3.15. The summed E-state index contributed by atoms with van der Waals surface area (Å²) in [4.78, 5) is 14.7. The molecule has 0 bridgehead atoms. The van der Waals surface area contributed by atoms with Gasteiger partial charge >= 0.3 is 0 Å². The number of amides is 1. The molecule has 2 aliphatic heterocycles. The maximum atomic E-state index is 12.8. The highest BCUT2D eigenvalue weighted by Gasteiger charge is 2.33. The zero-order valence-electron chi connectivity index (χ0n) is 14.1. The fourth-order valence-corrected chi connectivity index (χ4v) is 4.28. The van der Waals surface area contributed by atoms with Crippen LogP contribution in [0.4, 0.5) is 0 Å². The zero-order valence-corrected chi connectivity index (χ0v) is 14.8. The SMILES string of the molecule is CCN(CC)C(=O)C1C=C2c3c(Cl)ccc4ccn(c34)CC2NC1. The molecule has 24 heavy (non-hydrogen) atoms. The Morgan fingerprint density at radius 1 is 1.33 bits per heavy atom. The van der Waals surface area contributed by atoms with Gasteiger partial charge in [-0.3, -0.25) is 4.79 Å². The van der Waals surface area contributed by atoms with Gasteiger partial charge < -0.3 is 14.8 Å². The summed E-state index contributed by atoms with van der Waals surface area (Å²) < 4.78 is 2.26. The van der Waals surface area contributed by atoms with E-state index < -0.39 is 0 Å². The van der Waals surface area contributed by atoms with Crippen LogP contribution in [0, 0.1) is 5.92 Å². The first-order valence-corrected chi connectivity index (χ1v) is 9.03. The number of carbonyl (C=O) groups is 1. The topological polar surface area (TPSA) is 37.3 Å². The number of hydrogen-bond acceptors (Lipinski definition) is 2. The molecule has 5 heteroatoms. The summed E-state index contributed by atoms with van der Waals surface area (Å²) in [7, 11) is 0. The highest BCUT2D eigenvalue weighted by Crippen LogP contribution is 2.40. The van der Waals surface area contributed by atoms with Crippen molar-refractivity contribution < 1.29 is 4.79 Å². The summed E-state index contributed by atoms with van der Waals surface area (Å²) in [6, 6.07) is 6.37. The summed E-state index contributed by atoms with van der Waals surface area (Å²) in [6.07, 6.45) is 4.27. The Hall–Kier alpha value is -1.78. The minimum atomic E-state index is -0.121. The van der Waals surface area contributed by atoms with Crippen molar-refractivity contribution in [3.8, 4) is 0 Å². The molecule has 2 aliphatic rings. The molecule has 0 saturated heterocycles. The molecule has 0 aliphatic carbocycles. The first-order valence-electron chi connectivity index (χ1n) is 8.65. The van der Waals surface area contributed by atoms with Gasteiger partial charge in [0.05, 0.1) is 22.5 Å². The average molecular weight is 344 g/mol. The second kappa shape index (κ2) is 5.94. The molecular weight excluding hydrogens is 322 g/mol. The van der Waals surface area contributed by atoms with Crippen molar-refractivity contribution in [2.45, 2.75) is 26.4 Å². The molecule has 126 valence electrons. The highest BCUT2D eigenvalue weighted by atomic mass is 35.5. The third kappa shape index (κ3) is 2.28. The minimum absolute atomic E-state index is 0.121. The lowest BCUT2D eigenvalue weighted by molar-refractivity contribution is -0.133. The number of carbonyl (C=O) groups excluding carboxylic acids is 1. The maximum Gasteiger partial charge on any atom is 0.230 e. The molecule has 4 rings (SSSR count). The summed E-state index contributed by atoms with van der Waals surface area (Å²) in [5.41, 5.74) is 3.44. The van der Waals surface area contributed by atoms with E-state index in [1.54, 1.807) is 0 Å². The normalized spacial score (nSPS) is 22.2. The lowest BCUT2D eigenvalue weighted by atomic mass is 9.86. The fourth-order valence-electron chi connectivity index (χ4n) is 4.01. The van der Waals surface area contributed by atoms with Crippen LogP contribution in [0.15, 0.2) is 30.5 Å². The van der Waals surface area contributed by atoms with Crippen molar-refractivity contribution in [1.29, 1.82) is 0 Å². The average Bonchev–Trinajstić information content (AvgIpc) is 3.01. The number of nitrogens with zero attached hydrogens (tertiary/aromatic N) is 2. The first kappa shape index (κ1) is 15.7. The van der Waals surface area contributed by atoms with E-state index in [0.717, 1.165) is 30.2 Å². The van der Waals surface area contributed by atoms with Crippen LogP contribution in [0.2, 0.25) is 5.02 Å². The van der Waals surface area contributed by atoms with Gasteiger partial charge in [0.1, 0.15) is 0 Å². The van der Waals surface area contributed by atoms with Crippen molar-refractivity contribution in [1.82, 2.24) is 14.8 Å². The van der Waals surface area contributed by atoms with Crippen molar-refractivity contribution >= 4 is 34.0 Å². The molecule has 0 fully saturated rings. The van der Waals surface area contributed by atoms with Crippen LogP contribution in [-0.2, 0) is 11.3 Å². The Balaban J connectivity index is 1.81. The summed E-state index contributed by atoms with van der Waals surface area (Å²) in [5.74, 6) is 0.0756. The van der Waals surface area contributed by atoms with Gasteiger partial charge in [-0.2, -0.15) is 0 Å². The molecule has 2 aromatic rings. The van der Waals surface area contributed by atoms with Gasteiger partial charge in [-0.1, -0.05) is 23.7 Å². The third-order valence-electron chi connectivity index (χ3n) is 5.28. The van der Waals surface area contributed by atoms with Gasteiger partial charge in [-0.05, 0) is 31.6 Å². The maximum absolute atomic E-state index is 12.8. The first-order chi connectivity index (χ1) is 11.6. The smallest absolute Gasteiger partial charge is 0.230 e. The summed E-state index contributed by atoms with van der Waals surface area (Å²) in [6.45, 7) is 7.12. The van der Waals surface area contributed by atoms with E-state index in [2.05, 4.69) is 34.3 Å². The second-order valence-electron chi connectivity index (χ2n) is 6.53. The molecule has 0 saturated carbocycles. The van der Waals surface area contributed by atoms with Gasteiger partial charge in [0.25, 0.3) is 0 Å². The fraction of sp³-hybridized carbons (Fsp3) is 0.421. The molecule has 1 amide bonds. The number of hydrogen-bond donors (Lipinski definition) is 1. The third-order valence-corrected chi connectivity index (χ3v) is 5.60. The molecule has 3 heterocycles. The number of halogens is 1. The lowest BCUT2D eigenvalue weighted by Crippen LogP contribution is -2.47. The zero-order chi connectivity index (χ0) is 16.8. The Labute approximate surface area is 147 Å². The molecule has 4 nitrogen and oxygen atoms in total. The number of fused-ring (bicyclic) bond motifs is 2. The van der Waals surface area contributed by atoms with E-state index >= 15 is 0 Å². The van der Waals surface area contributed by atoms with Crippen LogP contribution in [0.25, 0.3) is 16.5 Å². The molecule has 2 atom stereocenters. The van der Waals surface area contributed by atoms with Crippen LogP contribution < -0.4 is 5.32 Å². The van der Waals surface area contributed by atoms with E-state index in [1.165, 1.54) is 16.5 Å². The Kier molecular flexibility index (Phi) is 3.89. The van der Waals surface area contributed by atoms with Crippen molar-refractivity contribution in [2.24, 2.45) is 5.92 Å². The quantitative estimate of drug-likeness (QED) is 0.929. The van der Waals surface area contributed by atoms with Crippen LogP contribution in [0.5, 0.6) is 0 Å².